The van der Waals surface area contributed by atoms with Crippen LogP contribution in [0.1, 0.15) is 22.8 Å². The number of ether oxygens (including phenoxy) is 1. The summed E-state index contributed by atoms with van der Waals surface area (Å²) in [4.78, 5) is 41.5. The molecule has 0 radical (unpaired) electrons. The highest BCUT2D eigenvalue weighted by Crippen LogP contribution is 2.24. The zero-order chi connectivity index (χ0) is 22.4. The SMILES string of the molecule is CCOC(=O)CNC(=O)c1c(O)nc(-c2cccc(Br)c2)n(Cc2ccccc2)c1=O. The average molecular weight is 486 g/mol. The number of aromatic hydroxyl groups is 1. The lowest BCUT2D eigenvalue weighted by molar-refractivity contribution is -0.141. The Morgan fingerprint density at radius 3 is 2.58 bits per heavy atom. The van der Waals surface area contributed by atoms with E-state index in [1.807, 2.05) is 36.4 Å². The van der Waals surface area contributed by atoms with Crippen LogP contribution in [-0.2, 0) is 16.1 Å². The Kier molecular flexibility index (Phi) is 7.19. The van der Waals surface area contributed by atoms with E-state index in [0.717, 1.165) is 10.0 Å². The molecule has 0 saturated heterocycles. The van der Waals surface area contributed by atoms with Crippen molar-refractivity contribution in [1.82, 2.24) is 14.9 Å². The molecular formula is C22H20BrN3O5. The highest BCUT2D eigenvalue weighted by atomic mass is 79.9. The lowest BCUT2D eigenvalue weighted by atomic mass is 10.1. The molecule has 160 valence electrons. The van der Waals surface area contributed by atoms with Crippen LogP contribution in [0, 0.1) is 0 Å². The van der Waals surface area contributed by atoms with Gasteiger partial charge in [-0.2, -0.15) is 4.98 Å². The molecule has 31 heavy (non-hydrogen) atoms. The largest absolute Gasteiger partial charge is 0.493 e. The number of esters is 1. The first-order valence-electron chi connectivity index (χ1n) is 9.48. The highest BCUT2D eigenvalue weighted by molar-refractivity contribution is 9.10. The van der Waals surface area contributed by atoms with E-state index in [1.165, 1.54) is 4.57 Å². The minimum atomic E-state index is -0.911. The number of benzene rings is 2. The molecule has 1 aromatic heterocycles. The second-order valence-electron chi connectivity index (χ2n) is 6.51. The van der Waals surface area contributed by atoms with E-state index < -0.39 is 35.4 Å². The molecule has 0 aliphatic carbocycles. The maximum absolute atomic E-state index is 13.3. The molecule has 0 saturated carbocycles. The summed E-state index contributed by atoms with van der Waals surface area (Å²) < 4.78 is 6.84. The molecule has 1 heterocycles. The molecule has 0 atom stereocenters. The molecule has 3 aromatic rings. The van der Waals surface area contributed by atoms with Crippen molar-refractivity contribution in [3.05, 3.63) is 80.6 Å². The van der Waals surface area contributed by atoms with Gasteiger partial charge in [0.2, 0.25) is 5.88 Å². The van der Waals surface area contributed by atoms with Gasteiger partial charge in [0, 0.05) is 10.0 Å². The summed E-state index contributed by atoms with van der Waals surface area (Å²) in [5, 5.41) is 12.7. The van der Waals surface area contributed by atoms with Gasteiger partial charge in [0.15, 0.2) is 5.56 Å². The number of amides is 1. The predicted octanol–water partition coefficient (Wildman–Crippen LogP) is 2.72. The van der Waals surface area contributed by atoms with Crippen LogP contribution in [0.3, 0.4) is 0 Å². The number of hydrogen-bond donors (Lipinski definition) is 2. The molecule has 0 fully saturated rings. The average Bonchev–Trinajstić information content (AvgIpc) is 2.75. The number of rotatable bonds is 7. The summed E-state index contributed by atoms with van der Waals surface area (Å²) >= 11 is 3.39. The van der Waals surface area contributed by atoms with Crippen LogP contribution in [0.4, 0.5) is 0 Å². The Balaban J connectivity index is 2.08. The van der Waals surface area contributed by atoms with Gasteiger partial charge in [0.1, 0.15) is 12.4 Å². The zero-order valence-electron chi connectivity index (χ0n) is 16.7. The van der Waals surface area contributed by atoms with Crippen LogP contribution < -0.4 is 10.9 Å². The third-order valence-electron chi connectivity index (χ3n) is 4.34. The number of carbonyl (C=O) groups excluding carboxylic acids is 2. The van der Waals surface area contributed by atoms with Crippen LogP contribution in [0.15, 0.2) is 63.9 Å². The van der Waals surface area contributed by atoms with Crippen molar-refractivity contribution in [1.29, 1.82) is 0 Å². The molecule has 0 aliphatic rings. The first kappa shape index (κ1) is 22.2. The first-order valence-corrected chi connectivity index (χ1v) is 10.3. The predicted molar refractivity (Wildman–Crippen MR) is 118 cm³/mol. The van der Waals surface area contributed by atoms with Crippen molar-refractivity contribution in [3.8, 4) is 17.3 Å². The van der Waals surface area contributed by atoms with E-state index >= 15 is 0 Å². The molecule has 0 bridgehead atoms. The molecule has 2 aromatic carbocycles. The zero-order valence-corrected chi connectivity index (χ0v) is 18.3. The summed E-state index contributed by atoms with van der Waals surface area (Å²) in [7, 11) is 0. The van der Waals surface area contributed by atoms with Crippen molar-refractivity contribution in [3.63, 3.8) is 0 Å². The number of hydrogen-bond acceptors (Lipinski definition) is 6. The summed E-state index contributed by atoms with van der Waals surface area (Å²) in [6.45, 7) is 1.50. The number of halogens is 1. The molecule has 2 N–H and O–H groups in total. The normalized spacial score (nSPS) is 10.5. The van der Waals surface area contributed by atoms with Crippen LogP contribution in [0.2, 0.25) is 0 Å². The quantitative estimate of drug-likeness (QED) is 0.497. The van der Waals surface area contributed by atoms with Crippen LogP contribution in [0.5, 0.6) is 5.88 Å². The Bertz CT molecular complexity index is 1160. The minimum Gasteiger partial charge on any atom is -0.493 e. The van der Waals surface area contributed by atoms with Gasteiger partial charge >= 0.3 is 5.97 Å². The standard InChI is InChI=1S/C22H20BrN3O5/c1-2-31-17(27)12-24-20(28)18-21(29)25-19(15-9-6-10-16(23)11-15)26(22(18)30)13-14-7-4-3-5-8-14/h3-11,29H,2,12-13H2,1H3,(H,24,28). The van der Waals surface area contributed by atoms with Gasteiger partial charge in [-0.05, 0) is 24.6 Å². The van der Waals surface area contributed by atoms with Gasteiger partial charge in [-0.25, -0.2) is 0 Å². The third kappa shape index (κ3) is 5.37. The summed E-state index contributed by atoms with van der Waals surface area (Å²) in [5.74, 6) is -2.08. The van der Waals surface area contributed by atoms with Crippen LogP contribution in [0.25, 0.3) is 11.4 Å². The van der Waals surface area contributed by atoms with Crippen molar-refractivity contribution >= 4 is 27.8 Å². The maximum Gasteiger partial charge on any atom is 0.325 e. The lowest BCUT2D eigenvalue weighted by Gasteiger charge is -2.15. The molecule has 9 heteroatoms. The van der Waals surface area contributed by atoms with Gasteiger partial charge in [-0.15, -0.1) is 0 Å². The second-order valence-corrected chi connectivity index (χ2v) is 7.42. The topological polar surface area (TPSA) is 111 Å². The van der Waals surface area contributed by atoms with E-state index in [9.17, 15) is 19.5 Å². The number of nitrogens with one attached hydrogen (secondary N) is 1. The van der Waals surface area contributed by atoms with Crippen LogP contribution in [-0.4, -0.2) is 39.7 Å². The van der Waals surface area contributed by atoms with E-state index in [4.69, 9.17) is 4.74 Å². The Morgan fingerprint density at radius 1 is 1.16 bits per heavy atom. The molecule has 3 rings (SSSR count). The summed E-state index contributed by atoms with van der Waals surface area (Å²) in [5.41, 5.74) is 0.120. The highest BCUT2D eigenvalue weighted by Gasteiger charge is 2.24. The van der Waals surface area contributed by atoms with E-state index in [1.54, 1.807) is 25.1 Å². The fourth-order valence-electron chi connectivity index (χ4n) is 2.96. The fourth-order valence-corrected chi connectivity index (χ4v) is 3.35. The first-order chi connectivity index (χ1) is 14.9. The number of aromatic nitrogens is 2. The minimum absolute atomic E-state index is 0.132. The Hall–Kier alpha value is -3.46. The van der Waals surface area contributed by atoms with Gasteiger partial charge in [-0.3, -0.25) is 19.0 Å². The number of nitrogens with zero attached hydrogens (tertiary/aromatic N) is 2. The Morgan fingerprint density at radius 2 is 1.90 bits per heavy atom. The van der Waals surface area contributed by atoms with Gasteiger partial charge in [-0.1, -0.05) is 58.4 Å². The maximum atomic E-state index is 13.3. The van der Waals surface area contributed by atoms with Crippen molar-refractivity contribution < 1.29 is 19.4 Å². The van der Waals surface area contributed by atoms with Gasteiger partial charge in [0.25, 0.3) is 11.5 Å². The molecule has 1 amide bonds. The Labute approximate surface area is 186 Å². The molecular weight excluding hydrogens is 466 g/mol. The third-order valence-corrected chi connectivity index (χ3v) is 4.84. The monoisotopic (exact) mass is 485 g/mol. The smallest absolute Gasteiger partial charge is 0.325 e. The summed E-state index contributed by atoms with van der Waals surface area (Å²) in [6, 6.07) is 16.3. The van der Waals surface area contributed by atoms with Crippen molar-refractivity contribution in [2.45, 2.75) is 13.5 Å². The molecule has 0 spiro atoms. The van der Waals surface area contributed by atoms with Crippen LogP contribution >= 0.6 is 15.9 Å². The molecule has 0 unspecified atom stereocenters. The molecule has 0 aliphatic heterocycles. The fraction of sp³-hybridized carbons (Fsp3) is 0.182. The van der Waals surface area contributed by atoms with E-state index in [2.05, 4.69) is 26.2 Å². The number of carbonyl (C=O) groups is 2. The van der Waals surface area contributed by atoms with E-state index in [0.29, 0.717) is 5.56 Å². The lowest BCUT2D eigenvalue weighted by Crippen LogP contribution is -2.37. The van der Waals surface area contributed by atoms with Gasteiger partial charge in [0.05, 0.1) is 13.2 Å². The van der Waals surface area contributed by atoms with E-state index in [-0.39, 0.29) is 19.0 Å². The molecule has 8 nitrogen and oxygen atoms in total. The second kappa shape index (κ2) is 10.0. The van der Waals surface area contributed by atoms with Crippen molar-refractivity contribution in [2.75, 3.05) is 13.2 Å². The van der Waals surface area contributed by atoms with Crippen molar-refractivity contribution in [2.24, 2.45) is 0 Å². The summed E-state index contributed by atoms with van der Waals surface area (Å²) in [6.07, 6.45) is 0. The van der Waals surface area contributed by atoms with Gasteiger partial charge < -0.3 is 15.2 Å².